The van der Waals surface area contributed by atoms with Gasteiger partial charge in [-0.3, -0.25) is 4.79 Å². The van der Waals surface area contributed by atoms with Crippen LogP contribution >= 0.6 is 12.4 Å². The standard InChI is InChI=1S/C15H28N2O.ClH/c1-10(16)5-6-13(18)17-12-9-11-7-8-15(12,4)14(11,2)3;/h10-12H,5-9,16H2,1-4H3,(H,17,18);1H. The van der Waals surface area contributed by atoms with E-state index in [9.17, 15) is 4.79 Å². The molecule has 0 radical (unpaired) electrons. The molecule has 2 rings (SSSR count). The van der Waals surface area contributed by atoms with Gasteiger partial charge in [0.25, 0.3) is 0 Å². The van der Waals surface area contributed by atoms with Gasteiger partial charge in [0, 0.05) is 18.5 Å². The maximum absolute atomic E-state index is 12.0. The van der Waals surface area contributed by atoms with Crippen molar-refractivity contribution in [2.45, 2.75) is 71.9 Å². The van der Waals surface area contributed by atoms with E-state index in [1.807, 2.05) is 6.92 Å². The van der Waals surface area contributed by atoms with E-state index in [-0.39, 0.29) is 29.8 Å². The van der Waals surface area contributed by atoms with Gasteiger partial charge in [-0.15, -0.1) is 12.4 Å². The first-order chi connectivity index (χ1) is 8.27. The number of hydrogen-bond donors (Lipinski definition) is 2. The number of carbonyl (C=O) groups is 1. The predicted octanol–water partition coefficient (Wildman–Crippen LogP) is 2.87. The van der Waals surface area contributed by atoms with E-state index in [0.29, 0.717) is 17.9 Å². The minimum Gasteiger partial charge on any atom is -0.353 e. The molecule has 4 heteroatoms. The molecule has 3 nitrogen and oxygen atoms in total. The Morgan fingerprint density at radius 2 is 2.05 bits per heavy atom. The Balaban J connectivity index is 0.00000180. The van der Waals surface area contributed by atoms with Gasteiger partial charge in [-0.05, 0) is 49.4 Å². The third-order valence-corrected chi connectivity index (χ3v) is 5.96. The quantitative estimate of drug-likeness (QED) is 0.836. The van der Waals surface area contributed by atoms with Crippen molar-refractivity contribution in [1.82, 2.24) is 5.32 Å². The highest BCUT2D eigenvalue weighted by Gasteiger charge is 2.61. The predicted molar refractivity (Wildman–Crippen MR) is 81.3 cm³/mol. The van der Waals surface area contributed by atoms with E-state index >= 15 is 0 Å². The van der Waals surface area contributed by atoms with Gasteiger partial charge in [-0.1, -0.05) is 20.8 Å². The lowest BCUT2D eigenvalue weighted by Gasteiger charge is -2.39. The van der Waals surface area contributed by atoms with E-state index in [4.69, 9.17) is 5.73 Å². The van der Waals surface area contributed by atoms with Gasteiger partial charge in [0.1, 0.15) is 0 Å². The fraction of sp³-hybridized carbons (Fsp3) is 0.933. The zero-order valence-electron chi connectivity index (χ0n) is 12.7. The fourth-order valence-corrected chi connectivity index (χ4v) is 4.05. The summed E-state index contributed by atoms with van der Waals surface area (Å²) in [6.45, 7) is 9.06. The number of carbonyl (C=O) groups excluding carboxylic acids is 1. The molecule has 0 aromatic carbocycles. The highest BCUT2D eigenvalue weighted by atomic mass is 35.5. The van der Waals surface area contributed by atoms with Crippen LogP contribution in [0.25, 0.3) is 0 Å². The average molecular weight is 289 g/mol. The molecular weight excluding hydrogens is 260 g/mol. The maximum atomic E-state index is 12.0. The average Bonchev–Trinajstić information content (AvgIpc) is 2.59. The molecule has 4 atom stereocenters. The Hall–Kier alpha value is -0.280. The summed E-state index contributed by atoms with van der Waals surface area (Å²) in [4.78, 5) is 12.0. The number of rotatable bonds is 4. The Morgan fingerprint density at radius 1 is 1.42 bits per heavy atom. The van der Waals surface area contributed by atoms with Gasteiger partial charge in [0.05, 0.1) is 0 Å². The summed E-state index contributed by atoms with van der Waals surface area (Å²) in [5.74, 6) is 0.961. The second-order valence-electron chi connectivity index (χ2n) is 7.25. The number of hydrogen-bond acceptors (Lipinski definition) is 2. The zero-order valence-corrected chi connectivity index (χ0v) is 13.5. The van der Waals surface area contributed by atoms with E-state index in [2.05, 4.69) is 26.1 Å². The van der Waals surface area contributed by atoms with Crippen molar-refractivity contribution in [2.24, 2.45) is 22.5 Å². The highest BCUT2D eigenvalue weighted by Crippen LogP contribution is 2.65. The Labute approximate surface area is 123 Å². The van der Waals surface area contributed by atoms with Crippen molar-refractivity contribution in [3.05, 3.63) is 0 Å². The molecule has 3 N–H and O–H groups in total. The van der Waals surface area contributed by atoms with Crippen LogP contribution in [0.5, 0.6) is 0 Å². The number of nitrogens with two attached hydrogens (primary N) is 1. The van der Waals surface area contributed by atoms with Crippen LogP contribution in [0, 0.1) is 16.7 Å². The van der Waals surface area contributed by atoms with Crippen LogP contribution < -0.4 is 11.1 Å². The Morgan fingerprint density at radius 3 is 2.47 bits per heavy atom. The summed E-state index contributed by atoms with van der Waals surface area (Å²) in [5, 5.41) is 3.27. The summed E-state index contributed by atoms with van der Waals surface area (Å²) in [7, 11) is 0. The number of nitrogens with one attached hydrogen (secondary N) is 1. The molecule has 0 saturated heterocycles. The van der Waals surface area contributed by atoms with Gasteiger partial charge in [-0.2, -0.15) is 0 Å². The lowest BCUT2D eigenvalue weighted by molar-refractivity contribution is -0.123. The summed E-state index contributed by atoms with van der Waals surface area (Å²) in [5.41, 5.74) is 6.35. The third kappa shape index (κ3) is 2.78. The largest absolute Gasteiger partial charge is 0.353 e. The van der Waals surface area contributed by atoms with Crippen LogP contribution in [0.3, 0.4) is 0 Å². The maximum Gasteiger partial charge on any atom is 0.220 e. The van der Waals surface area contributed by atoms with Crippen LogP contribution in [-0.4, -0.2) is 18.0 Å². The van der Waals surface area contributed by atoms with E-state index in [1.54, 1.807) is 0 Å². The molecule has 0 heterocycles. The molecular formula is C15H29ClN2O. The van der Waals surface area contributed by atoms with Crippen LogP contribution in [-0.2, 0) is 4.79 Å². The molecule has 0 spiro atoms. The van der Waals surface area contributed by atoms with Gasteiger partial charge in [0.15, 0.2) is 0 Å². The molecule has 2 fully saturated rings. The van der Waals surface area contributed by atoms with Crippen LogP contribution in [0.4, 0.5) is 0 Å². The van der Waals surface area contributed by atoms with Gasteiger partial charge in [-0.25, -0.2) is 0 Å². The third-order valence-electron chi connectivity index (χ3n) is 5.96. The minimum atomic E-state index is 0. The second kappa shape index (κ2) is 5.61. The van der Waals surface area contributed by atoms with E-state index < -0.39 is 0 Å². The van der Waals surface area contributed by atoms with Gasteiger partial charge in [0.2, 0.25) is 5.91 Å². The van der Waals surface area contributed by atoms with Gasteiger partial charge >= 0.3 is 0 Å². The number of fused-ring (bicyclic) bond motifs is 2. The normalized spacial score (nSPS) is 36.7. The van der Waals surface area contributed by atoms with Crippen molar-refractivity contribution < 1.29 is 4.79 Å². The van der Waals surface area contributed by atoms with Crippen molar-refractivity contribution in [3.63, 3.8) is 0 Å². The zero-order chi connectivity index (χ0) is 13.6. The van der Waals surface area contributed by atoms with Gasteiger partial charge < -0.3 is 11.1 Å². The Kier molecular flexibility index (Phi) is 4.95. The first-order valence-corrected chi connectivity index (χ1v) is 7.32. The molecule has 2 bridgehead atoms. The molecule has 112 valence electrons. The molecule has 1 amide bonds. The monoisotopic (exact) mass is 288 g/mol. The van der Waals surface area contributed by atoms with Crippen LogP contribution in [0.1, 0.15) is 59.8 Å². The topological polar surface area (TPSA) is 55.1 Å². The molecule has 4 unspecified atom stereocenters. The molecule has 2 aliphatic rings. The molecule has 0 aliphatic heterocycles. The van der Waals surface area contributed by atoms with E-state index in [0.717, 1.165) is 18.8 Å². The fourth-order valence-electron chi connectivity index (χ4n) is 4.05. The lowest BCUT2D eigenvalue weighted by Crippen LogP contribution is -2.47. The van der Waals surface area contributed by atoms with Crippen molar-refractivity contribution in [3.8, 4) is 0 Å². The van der Waals surface area contributed by atoms with Crippen molar-refractivity contribution in [1.29, 1.82) is 0 Å². The van der Waals surface area contributed by atoms with Crippen LogP contribution in [0.15, 0.2) is 0 Å². The van der Waals surface area contributed by atoms with Crippen molar-refractivity contribution in [2.75, 3.05) is 0 Å². The highest BCUT2D eigenvalue weighted by molar-refractivity contribution is 5.85. The summed E-state index contributed by atoms with van der Waals surface area (Å²) in [6.07, 6.45) is 5.09. The molecule has 19 heavy (non-hydrogen) atoms. The van der Waals surface area contributed by atoms with Crippen molar-refractivity contribution >= 4 is 18.3 Å². The second-order valence-corrected chi connectivity index (χ2v) is 7.25. The summed E-state index contributed by atoms with van der Waals surface area (Å²) >= 11 is 0. The molecule has 2 saturated carbocycles. The summed E-state index contributed by atoms with van der Waals surface area (Å²) in [6, 6.07) is 0.481. The SMILES string of the molecule is CC(N)CCC(=O)NC1CC2CCC1(C)C2(C)C.Cl. The minimum absolute atomic E-state index is 0. The molecule has 0 aromatic heterocycles. The number of amides is 1. The smallest absolute Gasteiger partial charge is 0.220 e. The Bertz CT molecular complexity index is 343. The number of halogens is 1. The molecule has 2 aliphatic carbocycles. The molecule has 0 aromatic rings. The first kappa shape index (κ1) is 16.8. The van der Waals surface area contributed by atoms with E-state index in [1.165, 1.54) is 12.8 Å². The van der Waals surface area contributed by atoms with Crippen LogP contribution in [0.2, 0.25) is 0 Å². The summed E-state index contributed by atoms with van der Waals surface area (Å²) < 4.78 is 0. The first-order valence-electron chi connectivity index (χ1n) is 7.32. The lowest BCUT2D eigenvalue weighted by atomic mass is 9.69.